The summed E-state index contributed by atoms with van der Waals surface area (Å²) in [7, 11) is 0. The van der Waals surface area contributed by atoms with Gasteiger partial charge in [-0.05, 0) is 103 Å². The topological polar surface area (TPSA) is 78.9 Å². The predicted molar refractivity (Wildman–Crippen MR) is 265 cm³/mol. The first-order chi connectivity index (χ1) is 30.5. The van der Waals surface area contributed by atoms with E-state index in [4.69, 9.17) is 14.2 Å². The van der Waals surface area contributed by atoms with Gasteiger partial charge in [-0.15, -0.1) is 0 Å². The highest BCUT2D eigenvalue weighted by molar-refractivity contribution is 5.71. The standard InChI is InChI=1S/C56H96O6/c1-4-7-10-13-16-19-22-25-27-29-31-34-37-40-43-46-49-55(58)61-52-53(51-60-54(57)48-45-42-39-36-33-30-24-21-18-15-12-9-6-3)62-56(59)50-47-44-41-38-35-32-28-26-23-20-17-14-11-8-5-2/h8,11-12,15,17,20-21,24,26-29,53H,4-7,9-10,13-14,16,18-19,22-23,25,30-52H2,1-3H3/b11-8-,15-12-,20-17-,24-21-,28-26-,29-27-. The first-order valence-corrected chi connectivity index (χ1v) is 25.9. The van der Waals surface area contributed by atoms with Gasteiger partial charge in [0.1, 0.15) is 13.2 Å². The SMILES string of the molecule is CC/C=C\C/C=C\C/C=C\CCCCCCCC(=O)OC(COC(=O)CCCCCCC/C=C\C/C=C\CCC)COC(=O)CCCCCCC/C=C\CCCCCCCCC. The minimum atomic E-state index is -0.793. The van der Waals surface area contributed by atoms with Crippen molar-refractivity contribution in [1.82, 2.24) is 0 Å². The summed E-state index contributed by atoms with van der Waals surface area (Å²) in [5.41, 5.74) is 0. The lowest BCUT2D eigenvalue weighted by Crippen LogP contribution is -2.30. The molecule has 0 N–H and O–H groups in total. The number of carbonyl (C=O) groups is 3. The Labute approximate surface area is 382 Å². The molecule has 0 fully saturated rings. The molecule has 0 aromatic carbocycles. The number of unbranched alkanes of at least 4 members (excludes halogenated alkanes) is 23. The number of allylic oxidation sites excluding steroid dienone is 12. The third-order valence-electron chi connectivity index (χ3n) is 10.9. The van der Waals surface area contributed by atoms with Crippen LogP contribution in [-0.2, 0) is 28.6 Å². The predicted octanol–water partition coefficient (Wildman–Crippen LogP) is 17.0. The van der Waals surface area contributed by atoms with Crippen LogP contribution in [0.15, 0.2) is 72.9 Å². The van der Waals surface area contributed by atoms with Crippen molar-refractivity contribution in [1.29, 1.82) is 0 Å². The number of ether oxygens (including phenoxy) is 3. The summed E-state index contributed by atoms with van der Waals surface area (Å²) in [6.07, 6.45) is 63.1. The van der Waals surface area contributed by atoms with E-state index in [0.29, 0.717) is 19.3 Å². The Balaban J connectivity index is 4.43. The summed E-state index contributed by atoms with van der Waals surface area (Å²) in [5.74, 6) is -0.930. The van der Waals surface area contributed by atoms with Gasteiger partial charge < -0.3 is 14.2 Å². The molecule has 0 aliphatic heterocycles. The highest BCUT2D eigenvalue weighted by Gasteiger charge is 2.19. The van der Waals surface area contributed by atoms with Crippen LogP contribution in [0.3, 0.4) is 0 Å². The highest BCUT2D eigenvalue weighted by atomic mass is 16.6. The molecule has 0 aliphatic rings. The van der Waals surface area contributed by atoms with Crippen LogP contribution in [0.2, 0.25) is 0 Å². The van der Waals surface area contributed by atoms with Crippen molar-refractivity contribution in [3.05, 3.63) is 72.9 Å². The van der Waals surface area contributed by atoms with E-state index in [2.05, 4.69) is 93.7 Å². The number of rotatable bonds is 46. The molecule has 0 spiro atoms. The van der Waals surface area contributed by atoms with Crippen LogP contribution >= 0.6 is 0 Å². The summed E-state index contributed by atoms with van der Waals surface area (Å²) < 4.78 is 16.8. The smallest absolute Gasteiger partial charge is 0.306 e. The molecule has 0 saturated heterocycles. The Morgan fingerprint density at radius 2 is 0.661 bits per heavy atom. The van der Waals surface area contributed by atoms with Gasteiger partial charge in [-0.3, -0.25) is 14.4 Å². The second-order valence-corrected chi connectivity index (χ2v) is 17.0. The third-order valence-corrected chi connectivity index (χ3v) is 10.9. The summed E-state index contributed by atoms with van der Waals surface area (Å²) in [5, 5.41) is 0. The van der Waals surface area contributed by atoms with Gasteiger partial charge in [-0.1, -0.05) is 196 Å². The Morgan fingerprint density at radius 1 is 0.339 bits per heavy atom. The lowest BCUT2D eigenvalue weighted by atomic mass is 10.1. The van der Waals surface area contributed by atoms with Crippen LogP contribution < -0.4 is 0 Å². The molecule has 0 radical (unpaired) electrons. The minimum Gasteiger partial charge on any atom is -0.462 e. The summed E-state index contributed by atoms with van der Waals surface area (Å²) in [6, 6.07) is 0. The van der Waals surface area contributed by atoms with Gasteiger partial charge in [0.05, 0.1) is 0 Å². The van der Waals surface area contributed by atoms with E-state index in [0.717, 1.165) is 135 Å². The number of hydrogen-bond donors (Lipinski definition) is 0. The number of hydrogen-bond acceptors (Lipinski definition) is 6. The van der Waals surface area contributed by atoms with Crippen molar-refractivity contribution < 1.29 is 28.6 Å². The maximum atomic E-state index is 12.8. The quantitative estimate of drug-likeness (QED) is 0.0262. The van der Waals surface area contributed by atoms with Gasteiger partial charge in [0.15, 0.2) is 6.10 Å². The van der Waals surface area contributed by atoms with Gasteiger partial charge in [-0.2, -0.15) is 0 Å². The number of esters is 3. The lowest BCUT2D eigenvalue weighted by molar-refractivity contribution is -0.167. The van der Waals surface area contributed by atoms with Crippen molar-refractivity contribution in [2.45, 2.75) is 252 Å². The molecule has 0 bridgehead atoms. The van der Waals surface area contributed by atoms with Gasteiger partial charge in [0.2, 0.25) is 0 Å². The normalized spacial score (nSPS) is 12.6. The zero-order chi connectivity index (χ0) is 45.1. The Morgan fingerprint density at radius 3 is 1.06 bits per heavy atom. The Kier molecular flexibility index (Phi) is 47.9. The van der Waals surface area contributed by atoms with Crippen molar-refractivity contribution >= 4 is 17.9 Å². The van der Waals surface area contributed by atoms with Crippen molar-refractivity contribution in [3.8, 4) is 0 Å². The van der Waals surface area contributed by atoms with Gasteiger partial charge in [-0.25, -0.2) is 0 Å². The fraction of sp³-hybridized carbons (Fsp3) is 0.732. The van der Waals surface area contributed by atoms with E-state index in [1.54, 1.807) is 0 Å². The van der Waals surface area contributed by atoms with Crippen LogP contribution in [0.4, 0.5) is 0 Å². The summed E-state index contributed by atoms with van der Waals surface area (Å²) in [4.78, 5) is 38.0. The fourth-order valence-electron chi connectivity index (χ4n) is 7.02. The van der Waals surface area contributed by atoms with E-state index in [1.807, 2.05) is 0 Å². The molecule has 0 aliphatic carbocycles. The molecule has 6 heteroatoms. The first kappa shape index (κ1) is 58.9. The van der Waals surface area contributed by atoms with Gasteiger partial charge >= 0.3 is 17.9 Å². The van der Waals surface area contributed by atoms with Crippen molar-refractivity contribution in [3.63, 3.8) is 0 Å². The van der Waals surface area contributed by atoms with E-state index >= 15 is 0 Å². The minimum absolute atomic E-state index is 0.0915. The van der Waals surface area contributed by atoms with E-state index in [9.17, 15) is 14.4 Å². The Bertz CT molecular complexity index is 1180. The van der Waals surface area contributed by atoms with Crippen molar-refractivity contribution in [2.75, 3.05) is 13.2 Å². The van der Waals surface area contributed by atoms with Crippen LogP contribution in [0, 0.1) is 0 Å². The maximum Gasteiger partial charge on any atom is 0.306 e. The zero-order valence-corrected chi connectivity index (χ0v) is 40.6. The second kappa shape index (κ2) is 50.5. The van der Waals surface area contributed by atoms with Gasteiger partial charge in [0.25, 0.3) is 0 Å². The van der Waals surface area contributed by atoms with Crippen LogP contribution in [0.1, 0.15) is 245 Å². The molecular formula is C56H96O6. The summed E-state index contributed by atoms with van der Waals surface area (Å²) in [6.45, 7) is 6.43. The van der Waals surface area contributed by atoms with E-state index in [1.165, 1.54) is 70.6 Å². The average molecular weight is 865 g/mol. The molecule has 0 saturated carbocycles. The highest BCUT2D eigenvalue weighted by Crippen LogP contribution is 2.14. The molecule has 1 unspecified atom stereocenters. The summed E-state index contributed by atoms with van der Waals surface area (Å²) >= 11 is 0. The maximum absolute atomic E-state index is 12.8. The largest absolute Gasteiger partial charge is 0.462 e. The fourth-order valence-corrected chi connectivity index (χ4v) is 7.02. The zero-order valence-electron chi connectivity index (χ0n) is 40.6. The molecule has 0 amide bonds. The van der Waals surface area contributed by atoms with E-state index in [-0.39, 0.29) is 31.1 Å². The first-order valence-electron chi connectivity index (χ1n) is 25.9. The third kappa shape index (κ3) is 47.9. The number of carbonyl (C=O) groups excluding carboxylic acids is 3. The molecular weight excluding hydrogens is 769 g/mol. The van der Waals surface area contributed by atoms with Crippen LogP contribution in [0.25, 0.3) is 0 Å². The average Bonchev–Trinajstić information content (AvgIpc) is 3.27. The monoisotopic (exact) mass is 865 g/mol. The second-order valence-electron chi connectivity index (χ2n) is 17.0. The molecule has 1 atom stereocenters. The van der Waals surface area contributed by atoms with E-state index < -0.39 is 6.10 Å². The molecule has 62 heavy (non-hydrogen) atoms. The molecule has 0 rings (SSSR count). The van der Waals surface area contributed by atoms with Gasteiger partial charge in [0, 0.05) is 19.3 Å². The van der Waals surface area contributed by atoms with Crippen LogP contribution in [0.5, 0.6) is 0 Å². The van der Waals surface area contributed by atoms with Crippen molar-refractivity contribution in [2.24, 2.45) is 0 Å². The molecule has 0 heterocycles. The molecule has 0 aromatic heterocycles. The molecule has 356 valence electrons. The Hall–Kier alpha value is -3.15. The molecule has 0 aromatic rings. The lowest BCUT2D eigenvalue weighted by Gasteiger charge is -2.18. The molecule has 6 nitrogen and oxygen atoms in total. The van der Waals surface area contributed by atoms with Crippen LogP contribution in [-0.4, -0.2) is 37.2 Å².